The van der Waals surface area contributed by atoms with E-state index >= 15 is 0 Å². The molecule has 2 amide bonds. The van der Waals surface area contributed by atoms with Crippen LogP contribution in [0.4, 0.5) is 10.8 Å². The number of nitrogens with one attached hydrogen (secondary N) is 1. The number of fused-ring (bicyclic) bond motifs is 1. The summed E-state index contributed by atoms with van der Waals surface area (Å²) in [5, 5.41) is 4.39. The summed E-state index contributed by atoms with van der Waals surface area (Å²) in [7, 11) is 0. The van der Waals surface area contributed by atoms with Gasteiger partial charge in [0, 0.05) is 33.6 Å². The number of thiazole rings is 1. The van der Waals surface area contributed by atoms with Gasteiger partial charge in [0.2, 0.25) is 11.8 Å². The van der Waals surface area contributed by atoms with E-state index in [0.717, 1.165) is 59.6 Å². The molecule has 0 spiro atoms. The number of halogens is 1. The fourth-order valence-electron chi connectivity index (χ4n) is 4.97. The zero-order chi connectivity index (χ0) is 24.0. The van der Waals surface area contributed by atoms with Crippen LogP contribution in [-0.2, 0) is 21.4 Å². The van der Waals surface area contributed by atoms with Crippen LogP contribution < -0.4 is 10.2 Å². The van der Waals surface area contributed by atoms with Gasteiger partial charge in [-0.25, -0.2) is 4.98 Å². The Morgan fingerprint density at radius 3 is 2.53 bits per heavy atom. The Labute approximate surface area is 209 Å². The maximum Gasteiger partial charge on any atom is 0.236 e. The SMILES string of the molecule is Cc1sc(NC(=O)C2(c3ccc(Cl)cc3)CCC2)nc1-c1ccc2c(c1)CCN2C(=O)C(C)C. The minimum Gasteiger partial charge on any atom is -0.312 e. The van der Waals surface area contributed by atoms with Crippen molar-refractivity contribution in [1.82, 2.24) is 4.98 Å². The van der Waals surface area contributed by atoms with Gasteiger partial charge in [-0.3, -0.25) is 9.59 Å². The van der Waals surface area contributed by atoms with Crippen LogP contribution in [0.1, 0.15) is 49.1 Å². The van der Waals surface area contributed by atoms with Gasteiger partial charge in [-0.1, -0.05) is 50.1 Å². The van der Waals surface area contributed by atoms with E-state index in [1.54, 1.807) is 0 Å². The molecule has 1 aliphatic carbocycles. The molecule has 1 fully saturated rings. The van der Waals surface area contributed by atoms with Gasteiger partial charge in [0.15, 0.2) is 5.13 Å². The minimum atomic E-state index is -0.510. The summed E-state index contributed by atoms with van der Waals surface area (Å²) >= 11 is 7.55. The van der Waals surface area contributed by atoms with Gasteiger partial charge < -0.3 is 10.2 Å². The fraction of sp³-hybridized carbons (Fsp3) is 0.370. The summed E-state index contributed by atoms with van der Waals surface area (Å²) in [6.07, 6.45) is 3.53. The lowest BCUT2D eigenvalue weighted by atomic mass is 9.64. The van der Waals surface area contributed by atoms with E-state index in [1.807, 2.05) is 62.1 Å². The third-order valence-corrected chi connectivity index (χ3v) is 8.20. The Balaban J connectivity index is 1.37. The van der Waals surface area contributed by atoms with Gasteiger partial charge in [-0.2, -0.15) is 0 Å². The number of aromatic nitrogens is 1. The summed E-state index contributed by atoms with van der Waals surface area (Å²) in [6.45, 7) is 6.62. The predicted molar refractivity (Wildman–Crippen MR) is 139 cm³/mol. The van der Waals surface area contributed by atoms with E-state index in [-0.39, 0.29) is 17.7 Å². The van der Waals surface area contributed by atoms with Crippen LogP contribution in [-0.4, -0.2) is 23.3 Å². The second kappa shape index (κ2) is 8.82. The predicted octanol–water partition coefficient (Wildman–Crippen LogP) is 6.38. The second-order valence-corrected chi connectivity index (χ2v) is 11.2. The third kappa shape index (κ3) is 3.93. The fourth-order valence-corrected chi connectivity index (χ4v) is 5.93. The van der Waals surface area contributed by atoms with Crippen LogP contribution in [0.2, 0.25) is 5.02 Å². The molecular weight excluding hydrogens is 466 g/mol. The number of nitrogens with zero attached hydrogens (tertiary/aromatic N) is 2. The summed E-state index contributed by atoms with van der Waals surface area (Å²) in [5.74, 6) is 0.134. The molecule has 0 bridgehead atoms. The average molecular weight is 494 g/mol. The Morgan fingerprint density at radius 1 is 1.15 bits per heavy atom. The van der Waals surface area contributed by atoms with Crippen molar-refractivity contribution in [2.45, 2.75) is 51.9 Å². The van der Waals surface area contributed by atoms with Crippen LogP contribution >= 0.6 is 22.9 Å². The molecular formula is C27H28ClN3O2S. The topological polar surface area (TPSA) is 62.3 Å². The number of benzene rings is 2. The van der Waals surface area contributed by atoms with E-state index in [9.17, 15) is 9.59 Å². The molecule has 0 radical (unpaired) electrons. The highest BCUT2D eigenvalue weighted by Gasteiger charge is 2.46. The molecule has 1 saturated carbocycles. The van der Waals surface area contributed by atoms with Gasteiger partial charge >= 0.3 is 0 Å². The molecule has 7 heteroatoms. The van der Waals surface area contributed by atoms with Crippen LogP contribution in [0, 0.1) is 12.8 Å². The van der Waals surface area contributed by atoms with E-state index in [1.165, 1.54) is 16.9 Å². The number of hydrogen-bond donors (Lipinski definition) is 1. The maximum atomic E-state index is 13.4. The Kier molecular flexibility index (Phi) is 5.98. The number of rotatable bonds is 5. The number of hydrogen-bond acceptors (Lipinski definition) is 4. The summed E-state index contributed by atoms with van der Waals surface area (Å²) in [5.41, 5.74) is 4.56. The minimum absolute atomic E-state index is 0.00170. The molecule has 5 rings (SSSR count). The molecule has 0 saturated heterocycles. The van der Waals surface area contributed by atoms with Gasteiger partial charge in [0.1, 0.15) is 0 Å². The van der Waals surface area contributed by atoms with Crippen molar-refractivity contribution >= 4 is 45.6 Å². The molecule has 0 atom stereocenters. The smallest absolute Gasteiger partial charge is 0.236 e. The largest absolute Gasteiger partial charge is 0.312 e. The van der Waals surface area contributed by atoms with Crippen molar-refractivity contribution < 1.29 is 9.59 Å². The molecule has 1 aromatic heterocycles. The van der Waals surface area contributed by atoms with Crippen LogP contribution in [0.25, 0.3) is 11.3 Å². The first-order valence-corrected chi connectivity index (χ1v) is 13.0. The Bertz CT molecular complexity index is 1260. The quantitative estimate of drug-likeness (QED) is 0.448. The number of aryl methyl sites for hydroxylation is 1. The maximum absolute atomic E-state index is 13.4. The van der Waals surface area contributed by atoms with Gasteiger partial charge in [0.25, 0.3) is 0 Å². The van der Waals surface area contributed by atoms with Crippen molar-refractivity contribution in [2.24, 2.45) is 5.92 Å². The Morgan fingerprint density at radius 2 is 1.88 bits per heavy atom. The standard InChI is InChI=1S/C27H28ClN3O2S/c1-16(2)24(32)31-14-11-18-15-19(5-10-22(18)31)23-17(3)34-26(29-23)30-25(33)27(12-4-13-27)20-6-8-21(28)9-7-20/h5-10,15-16H,4,11-14H2,1-3H3,(H,29,30,33). The van der Waals surface area contributed by atoms with E-state index in [2.05, 4.69) is 11.4 Å². The lowest BCUT2D eigenvalue weighted by molar-refractivity contribution is -0.124. The number of amides is 2. The summed E-state index contributed by atoms with van der Waals surface area (Å²) in [6, 6.07) is 13.8. The molecule has 34 heavy (non-hydrogen) atoms. The van der Waals surface area contributed by atoms with Crippen LogP contribution in [0.5, 0.6) is 0 Å². The molecule has 1 N–H and O–H groups in total. The lowest BCUT2D eigenvalue weighted by Gasteiger charge is -2.40. The zero-order valence-electron chi connectivity index (χ0n) is 19.7. The molecule has 2 aliphatic rings. The van der Waals surface area contributed by atoms with Gasteiger partial charge in [0.05, 0.1) is 11.1 Å². The normalized spacial score (nSPS) is 16.3. The van der Waals surface area contributed by atoms with Gasteiger partial charge in [-0.05, 0) is 61.6 Å². The number of carbonyl (C=O) groups is 2. The molecule has 0 unspecified atom stereocenters. The first-order valence-electron chi connectivity index (χ1n) is 11.8. The Hall–Kier alpha value is -2.70. The molecule has 1 aliphatic heterocycles. The first-order chi connectivity index (χ1) is 16.3. The van der Waals surface area contributed by atoms with Crippen molar-refractivity contribution in [3.8, 4) is 11.3 Å². The highest BCUT2D eigenvalue weighted by molar-refractivity contribution is 7.16. The van der Waals surface area contributed by atoms with E-state index < -0.39 is 5.41 Å². The number of carbonyl (C=O) groups excluding carboxylic acids is 2. The first kappa shape index (κ1) is 23.1. The average Bonchev–Trinajstić information content (AvgIpc) is 3.36. The van der Waals surface area contributed by atoms with E-state index in [4.69, 9.17) is 16.6 Å². The van der Waals surface area contributed by atoms with Crippen molar-refractivity contribution in [3.63, 3.8) is 0 Å². The highest BCUT2D eigenvalue weighted by atomic mass is 35.5. The molecule has 2 aromatic carbocycles. The van der Waals surface area contributed by atoms with E-state index in [0.29, 0.717) is 10.2 Å². The molecule has 3 aromatic rings. The zero-order valence-corrected chi connectivity index (χ0v) is 21.2. The highest BCUT2D eigenvalue weighted by Crippen LogP contribution is 2.45. The summed E-state index contributed by atoms with van der Waals surface area (Å²) in [4.78, 5) is 33.6. The number of anilines is 2. The lowest BCUT2D eigenvalue weighted by Crippen LogP contribution is -2.45. The van der Waals surface area contributed by atoms with Crippen molar-refractivity contribution in [1.29, 1.82) is 0 Å². The molecule has 176 valence electrons. The molecule has 5 nitrogen and oxygen atoms in total. The third-order valence-electron chi connectivity index (χ3n) is 7.06. The summed E-state index contributed by atoms with van der Waals surface area (Å²) < 4.78 is 0. The monoisotopic (exact) mass is 493 g/mol. The second-order valence-electron chi connectivity index (χ2n) is 9.56. The van der Waals surface area contributed by atoms with Crippen LogP contribution in [0.3, 0.4) is 0 Å². The van der Waals surface area contributed by atoms with Crippen molar-refractivity contribution in [2.75, 3.05) is 16.8 Å². The van der Waals surface area contributed by atoms with Gasteiger partial charge in [-0.15, -0.1) is 11.3 Å². The van der Waals surface area contributed by atoms with Crippen LogP contribution in [0.15, 0.2) is 42.5 Å². The molecule has 2 heterocycles. The van der Waals surface area contributed by atoms with Crippen molar-refractivity contribution in [3.05, 3.63) is 63.5 Å².